The van der Waals surface area contributed by atoms with Gasteiger partial charge >= 0.3 is 0 Å². The van der Waals surface area contributed by atoms with E-state index in [-0.39, 0.29) is 17.4 Å². The van der Waals surface area contributed by atoms with E-state index in [2.05, 4.69) is 4.98 Å². The highest BCUT2D eigenvalue weighted by molar-refractivity contribution is 7.17. The third kappa shape index (κ3) is 3.18. The molecule has 0 aromatic carbocycles. The van der Waals surface area contributed by atoms with Crippen LogP contribution in [0, 0.1) is 19.8 Å². The number of hydrogen-bond donors (Lipinski definition) is 0. The maximum atomic E-state index is 12.9. The maximum Gasteiger partial charge on any atom is 0.271 e. The average molecular weight is 385 g/mol. The fraction of sp³-hybridized carbons (Fsp3) is 0.474. The first kappa shape index (κ1) is 17.9. The highest BCUT2D eigenvalue weighted by atomic mass is 32.1. The number of carbonyl (C=O) groups is 1. The molecule has 1 atom stereocenters. The van der Waals surface area contributed by atoms with E-state index >= 15 is 0 Å². The monoisotopic (exact) mass is 385 g/mol. The highest BCUT2D eigenvalue weighted by Crippen LogP contribution is 2.21. The minimum atomic E-state index is -0.144. The van der Waals surface area contributed by atoms with E-state index in [1.807, 2.05) is 41.8 Å². The first-order chi connectivity index (χ1) is 13.0. The van der Waals surface area contributed by atoms with Crippen molar-refractivity contribution >= 4 is 27.5 Å². The summed E-state index contributed by atoms with van der Waals surface area (Å²) in [6.07, 6.45) is 4.25. The lowest BCUT2D eigenvalue weighted by atomic mass is 10.1. The van der Waals surface area contributed by atoms with Crippen molar-refractivity contribution in [1.29, 1.82) is 0 Å². The summed E-state index contributed by atoms with van der Waals surface area (Å²) in [5.41, 5.74) is 1.86. The molecule has 8 heteroatoms. The van der Waals surface area contributed by atoms with E-state index < -0.39 is 0 Å². The zero-order valence-corrected chi connectivity index (χ0v) is 16.6. The molecule has 4 heterocycles. The van der Waals surface area contributed by atoms with Gasteiger partial charge in [0, 0.05) is 45.0 Å². The Balaban J connectivity index is 1.53. The summed E-state index contributed by atoms with van der Waals surface area (Å²) >= 11 is 1.45. The second kappa shape index (κ2) is 6.92. The second-order valence-corrected chi connectivity index (χ2v) is 8.06. The van der Waals surface area contributed by atoms with Crippen molar-refractivity contribution in [2.24, 2.45) is 5.92 Å². The van der Waals surface area contributed by atoms with Crippen LogP contribution >= 0.6 is 11.3 Å². The average Bonchev–Trinajstić information content (AvgIpc) is 3.14. The molecule has 0 saturated carbocycles. The van der Waals surface area contributed by atoms with Crippen LogP contribution in [0.1, 0.15) is 24.1 Å². The summed E-state index contributed by atoms with van der Waals surface area (Å²) in [5.74, 6) is 1.66. The largest absolute Gasteiger partial charge is 0.340 e. The molecule has 0 bridgehead atoms. The van der Waals surface area contributed by atoms with Crippen LogP contribution in [0.5, 0.6) is 0 Å². The van der Waals surface area contributed by atoms with Crippen LogP contribution in [0.2, 0.25) is 0 Å². The van der Waals surface area contributed by atoms with Crippen LogP contribution < -0.4 is 5.56 Å². The minimum Gasteiger partial charge on any atom is -0.340 e. The van der Waals surface area contributed by atoms with Gasteiger partial charge in [0.1, 0.15) is 16.3 Å². The molecule has 0 saturated heterocycles. The summed E-state index contributed by atoms with van der Waals surface area (Å²) in [6.45, 7) is 8.10. The standard InChI is InChI=1S/C19H23N5O2S/c1-12(10-23-7-5-20-14(23)3)18(25)22-6-4-15-21-16-13(2)11-27-17(16)19(26)24(15)9-8-22/h5,7,11-12H,4,6,8-10H2,1-3H3. The van der Waals surface area contributed by atoms with Crippen molar-refractivity contribution in [2.45, 2.75) is 40.3 Å². The topological polar surface area (TPSA) is 73.0 Å². The van der Waals surface area contributed by atoms with Gasteiger partial charge in [-0.2, -0.15) is 0 Å². The van der Waals surface area contributed by atoms with Crippen molar-refractivity contribution in [1.82, 2.24) is 24.0 Å². The normalized spacial score (nSPS) is 15.6. The molecular weight excluding hydrogens is 362 g/mol. The number of rotatable bonds is 3. The molecule has 0 N–H and O–H groups in total. The molecular formula is C19H23N5O2S. The second-order valence-electron chi connectivity index (χ2n) is 7.18. The molecule has 27 heavy (non-hydrogen) atoms. The number of amides is 1. The molecule has 0 spiro atoms. The van der Waals surface area contributed by atoms with Gasteiger partial charge in [-0.25, -0.2) is 9.97 Å². The van der Waals surface area contributed by atoms with Gasteiger partial charge in [0.25, 0.3) is 5.56 Å². The van der Waals surface area contributed by atoms with Crippen LogP contribution in [-0.4, -0.2) is 43.0 Å². The molecule has 0 fully saturated rings. The molecule has 3 aromatic heterocycles. The summed E-state index contributed by atoms with van der Waals surface area (Å²) in [7, 11) is 0. The van der Waals surface area contributed by atoms with E-state index in [9.17, 15) is 9.59 Å². The van der Waals surface area contributed by atoms with Gasteiger partial charge in [-0.1, -0.05) is 6.92 Å². The molecule has 4 rings (SSSR count). The van der Waals surface area contributed by atoms with Gasteiger partial charge in [0.15, 0.2) is 0 Å². The van der Waals surface area contributed by atoms with E-state index in [1.165, 1.54) is 11.3 Å². The number of fused-ring (bicyclic) bond motifs is 2. The summed E-state index contributed by atoms with van der Waals surface area (Å²) in [5, 5.41) is 1.98. The third-order valence-corrected chi connectivity index (χ3v) is 6.34. The predicted molar refractivity (Wildman–Crippen MR) is 105 cm³/mol. The number of hydrogen-bond acceptors (Lipinski definition) is 5. The van der Waals surface area contributed by atoms with Gasteiger partial charge in [-0.15, -0.1) is 11.3 Å². The van der Waals surface area contributed by atoms with Crippen molar-refractivity contribution < 1.29 is 4.79 Å². The molecule has 1 amide bonds. The number of nitrogens with zero attached hydrogens (tertiary/aromatic N) is 5. The Kier molecular flexibility index (Phi) is 4.59. The zero-order chi connectivity index (χ0) is 19.1. The minimum absolute atomic E-state index is 0.0180. The summed E-state index contributed by atoms with van der Waals surface area (Å²) in [4.78, 5) is 36.6. The summed E-state index contributed by atoms with van der Waals surface area (Å²) < 4.78 is 4.45. The SMILES string of the molecule is Cc1csc2c(=O)n3c(nc12)CCN(C(=O)C(C)Cn1ccnc1C)CC3. The number of thiophene rings is 1. The first-order valence-electron chi connectivity index (χ1n) is 9.19. The van der Waals surface area contributed by atoms with Gasteiger partial charge in [0.05, 0.1) is 11.4 Å². The van der Waals surface area contributed by atoms with Crippen molar-refractivity contribution in [3.8, 4) is 0 Å². The van der Waals surface area contributed by atoms with Crippen LogP contribution in [0.25, 0.3) is 10.2 Å². The Hall–Kier alpha value is -2.48. The first-order valence-corrected chi connectivity index (χ1v) is 10.1. The predicted octanol–water partition coefficient (Wildman–Crippen LogP) is 1.99. The number of carbonyl (C=O) groups excluding carboxylic acids is 1. The molecule has 0 radical (unpaired) electrons. The van der Waals surface area contributed by atoms with Crippen LogP contribution in [0.3, 0.4) is 0 Å². The highest BCUT2D eigenvalue weighted by Gasteiger charge is 2.25. The molecule has 0 aliphatic carbocycles. The van der Waals surface area contributed by atoms with Gasteiger partial charge in [-0.05, 0) is 24.8 Å². The molecule has 3 aromatic rings. The van der Waals surface area contributed by atoms with Gasteiger partial charge in [0.2, 0.25) is 5.91 Å². The zero-order valence-electron chi connectivity index (χ0n) is 15.8. The van der Waals surface area contributed by atoms with E-state index in [0.717, 1.165) is 22.7 Å². The van der Waals surface area contributed by atoms with Crippen molar-refractivity contribution in [3.63, 3.8) is 0 Å². The Morgan fingerprint density at radius 1 is 1.30 bits per heavy atom. The summed E-state index contributed by atoms with van der Waals surface area (Å²) in [6, 6.07) is 0. The van der Waals surface area contributed by atoms with Crippen molar-refractivity contribution in [2.75, 3.05) is 13.1 Å². The molecule has 7 nitrogen and oxygen atoms in total. The Bertz CT molecular complexity index is 1060. The van der Waals surface area contributed by atoms with Crippen molar-refractivity contribution in [3.05, 3.63) is 45.3 Å². The quantitative estimate of drug-likeness (QED) is 0.691. The van der Waals surface area contributed by atoms with Crippen LogP contribution in [0.4, 0.5) is 0 Å². The van der Waals surface area contributed by atoms with E-state index in [0.29, 0.717) is 37.3 Å². The smallest absolute Gasteiger partial charge is 0.271 e. The van der Waals surface area contributed by atoms with Crippen LogP contribution in [0.15, 0.2) is 22.6 Å². The lowest BCUT2D eigenvalue weighted by Gasteiger charge is -2.24. The van der Waals surface area contributed by atoms with Crippen LogP contribution in [-0.2, 0) is 24.3 Å². The van der Waals surface area contributed by atoms with E-state index in [1.54, 1.807) is 10.8 Å². The van der Waals surface area contributed by atoms with Gasteiger partial charge in [-0.3, -0.25) is 14.2 Å². The lowest BCUT2D eigenvalue weighted by molar-refractivity contribution is -0.135. The molecule has 142 valence electrons. The van der Waals surface area contributed by atoms with E-state index in [4.69, 9.17) is 4.98 Å². The molecule has 1 unspecified atom stereocenters. The lowest BCUT2D eigenvalue weighted by Crippen LogP contribution is -2.39. The number of imidazole rings is 1. The number of aryl methyl sites for hydroxylation is 2. The maximum absolute atomic E-state index is 12.9. The Morgan fingerprint density at radius 2 is 2.11 bits per heavy atom. The third-order valence-electron chi connectivity index (χ3n) is 5.26. The fourth-order valence-electron chi connectivity index (χ4n) is 3.65. The Morgan fingerprint density at radius 3 is 2.85 bits per heavy atom. The van der Waals surface area contributed by atoms with Gasteiger partial charge < -0.3 is 9.47 Å². The number of aromatic nitrogens is 4. The molecule has 1 aliphatic heterocycles. The Labute approximate surface area is 161 Å². The molecule has 1 aliphatic rings. The fourth-order valence-corrected chi connectivity index (χ4v) is 4.58.